The van der Waals surface area contributed by atoms with Crippen molar-refractivity contribution in [1.82, 2.24) is 9.38 Å². The molecule has 1 N–H and O–H groups in total. The van der Waals surface area contributed by atoms with Crippen molar-refractivity contribution < 1.29 is 9.47 Å². The first-order valence-corrected chi connectivity index (χ1v) is 7.82. The first kappa shape index (κ1) is 13.9. The van der Waals surface area contributed by atoms with Crippen molar-refractivity contribution in [2.75, 3.05) is 18.7 Å². The van der Waals surface area contributed by atoms with Gasteiger partial charge in [0.05, 0.1) is 11.2 Å². The minimum atomic E-state index is 0.293. The Balaban J connectivity index is 1.75. The summed E-state index contributed by atoms with van der Waals surface area (Å²) in [5.74, 6) is 3.08. The largest absolute Gasteiger partial charge is 0.454 e. The molecule has 0 saturated carbocycles. The first-order chi connectivity index (χ1) is 11.2. The lowest BCUT2D eigenvalue weighted by atomic mass is 10.1. The highest BCUT2D eigenvalue weighted by molar-refractivity contribution is 5.76. The molecule has 5 nitrogen and oxygen atoms in total. The maximum absolute atomic E-state index is 5.48. The molecule has 23 heavy (non-hydrogen) atoms. The Morgan fingerprint density at radius 3 is 2.91 bits per heavy atom. The maximum Gasteiger partial charge on any atom is 0.231 e. The molecular formula is C18H19N3O2. The van der Waals surface area contributed by atoms with Crippen LogP contribution in [0.3, 0.4) is 0 Å². The molecule has 0 radical (unpaired) electrons. The predicted octanol–water partition coefficient (Wildman–Crippen LogP) is 3.80. The number of hydrogen-bond acceptors (Lipinski definition) is 4. The second-order valence-electron chi connectivity index (χ2n) is 6.09. The lowest BCUT2D eigenvalue weighted by Gasteiger charge is -2.10. The van der Waals surface area contributed by atoms with Gasteiger partial charge in [0.2, 0.25) is 6.79 Å². The van der Waals surface area contributed by atoms with Crippen LogP contribution in [0, 0.1) is 5.92 Å². The van der Waals surface area contributed by atoms with E-state index in [9.17, 15) is 0 Å². The molecule has 0 unspecified atom stereocenters. The molecule has 0 amide bonds. The van der Waals surface area contributed by atoms with Gasteiger partial charge >= 0.3 is 0 Å². The Morgan fingerprint density at radius 2 is 2.04 bits per heavy atom. The molecular weight excluding hydrogens is 290 g/mol. The van der Waals surface area contributed by atoms with Gasteiger partial charge in [-0.1, -0.05) is 13.8 Å². The number of aromatic nitrogens is 2. The normalized spacial score (nSPS) is 13.0. The number of anilines is 1. The van der Waals surface area contributed by atoms with Gasteiger partial charge in [0, 0.05) is 24.5 Å². The van der Waals surface area contributed by atoms with E-state index in [1.165, 1.54) is 0 Å². The van der Waals surface area contributed by atoms with Crippen LogP contribution in [0.15, 0.2) is 42.7 Å². The van der Waals surface area contributed by atoms with E-state index in [1.807, 2.05) is 24.5 Å². The summed E-state index contributed by atoms with van der Waals surface area (Å²) in [7, 11) is 0. The fraction of sp³-hybridized carbons (Fsp3) is 0.278. The molecule has 0 spiro atoms. The van der Waals surface area contributed by atoms with Crippen molar-refractivity contribution in [1.29, 1.82) is 0 Å². The summed E-state index contributed by atoms with van der Waals surface area (Å²) in [6.07, 6.45) is 3.81. The van der Waals surface area contributed by atoms with Gasteiger partial charge in [-0.15, -0.1) is 0 Å². The van der Waals surface area contributed by atoms with Gasteiger partial charge < -0.3 is 19.2 Å². The maximum atomic E-state index is 5.48. The van der Waals surface area contributed by atoms with Crippen molar-refractivity contribution in [3.63, 3.8) is 0 Å². The van der Waals surface area contributed by atoms with E-state index in [4.69, 9.17) is 9.47 Å². The fourth-order valence-electron chi connectivity index (χ4n) is 2.77. The number of rotatable bonds is 4. The van der Waals surface area contributed by atoms with Crippen LogP contribution in [0.5, 0.6) is 11.5 Å². The standard InChI is InChI=1S/C18H19N3O2/c1-12(2)10-20-18-15-5-4-14(21(15)8-7-19-18)13-3-6-16-17(9-13)23-11-22-16/h3-9,12H,10-11H2,1-2H3,(H,19,20). The van der Waals surface area contributed by atoms with Crippen LogP contribution in [-0.4, -0.2) is 22.7 Å². The summed E-state index contributed by atoms with van der Waals surface area (Å²) in [4.78, 5) is 4.47. The summed E-state index contributed by atoms with van der Waals surface area (Å²) in [5, 5.41) is 3.42. The zero-order chi connectivity index (χ0) is 15.8. The average molecular weight is 309 g/mol. The van der Waals surface area contributed by atoms with Gasteiger partial charge in [-0.05, 0) is 36.2 Å². The number of fused-ring (bicyclic) bond motifs is 2. The fourth-order valence-corrected chi connectivity index (χ4v) is 2.77. The Bertz CT molecular complexity index is 855. The van der Waals surface area contributed by atoms with Gasteiger partial charge in [0.25, 0.3) is 0 Å². The zero-order valence-corrected chi connectivity index (χ0v) is 13.2. The second-order valence-corrected chi connectivity index (χ2v) is 6.09. The van der Waals surface area contributed by atoms with E-state index in [1.54, 1.807) is 0 Å². The number of nitrogens with zero attached hydrogens (tertiary/aromatic N) is 2. The average Bonchev–Trinajstić information content (AvgIpc) is 3.18. The second kappa shape index (κ2) is 5.50. The van der Waals surface area contributed by atoms with Crippen molar-refractivity contribution >= 4 is 11.3 Å². The Labute approximate surface area is 134 Å². The van der Waals surface area contributed by atoms with E-state index in [0.29, 0.717) is 12.7 Å². The molecule has 1 aromatic carbocycles. The van der Waals surface area contributed by atoms with E-state index in [2.05, 4.69) is 46.7 Å². The molecule has 1 aliphatic heterocycles. The minimum Gasteiger partial charge on any atom is -0.454 e. The summed E-state index contributed by atoms with van der Waals surface area (Å²) in [6.45, 7) is 5.56. The van der Waals surface area contributed by atoms with Crippen LogP contribution in [-0.2, 0) is 0 Å². The van der Waals surface area contributed by atoms with Crippen LogP contribution in [0.2, 0.25) is 0 Å². The summed E-state index contributed by atoms with van der Waals surface area (Å²) in [5.41, 5.74) is 3.27. The van der Waals surface area contributed by atoms with E-state index in [-0.39, 0.29) is 0 Å². The number of ether oxygens (including phenoxy) is 2. The van der Waals surface area contributed by atoms with Gasteiger partial charge in [0.1, 0.15) is 5.82 Å². The molecule has 0 fully saturated rings. The lowest BCUT2D eigenvalue weighted by Crippen LogP contribution is -2.10. The molecule has 0 bridgehead atoms. The predicted molar refractivity (Wildman–Crippen MR) is 90.1 cm³/mol. The third kappa shape index (κ3) is 2.48. The van der Waals surface area contributed by atoms with Crippen molar-refractivity contribution in [2.24, 2.45) is 5.92 Å². The van der Waals surface area contributed by atoms with Gasteiger partial charge in [-0.3, -0.25) is 0 Å². The summed E-state index contributed by atoms with van der Waals surface area (Å²) < 4.78 is 13.0. The molecule has 3 aromatic rings. The topological polar surface area (TPSA) is 47.8 Å². The molecule has 1 aliphatic rings. The highest BCUT2D eigenvalue weighted by Crippen LogP contribution is 2.36. The van der Waals surface area contributed by atoms with Gasteiger partial charge in [-0.25, -0.2) is 4.98 Å². The number of hydrogen-bond donors (Lipinski definition) is 1. The molecule has 118 valence electrons. The third-order valence-electron chi connectivity index (χ3n) is 3.93. The van der Waals surface area contributed by atoms with Crippen LogP contribution in [0.4, 0.5) is 5.82 Å². The van der Waals surface area contributed by atoms with Gasteiger partial charge in [-0.2, -0.15) is 0 Å². The minimum absolute atomic E-state index is 0.293. The number of benzene rings is 1. The van der Waals surface area contributed by atoms with Crippen LogP contribution >= 0.6 is 0 Å². The van der Waals surface area contributed by atoms with E-state index in [0.717, 1.165) is 40.6 Å². The van der Waals surface area contributed by atoms with Crippen LogP contribution < -0.4 is 14.8 Å². The van der Waals surface area contributed by atoms with Crippen LogP contribution in [0.25, 0.3) is 16.8 Å². The molecule has 0 saturated heterocycles. The van der Waals surface area contributed by atoms with E-state index < -0.39 is 0 Å². The van der Waals surface area contributed by atoms with Gasteiger partial charge in [0.15, 0.2) is 11.5 Å². The third-order valence-corrected chi connectivity index (χ3v) is 3.93. The molecule has 0 aliphatic carbocycles. The summed E-state index contributed by atoms with van der Waals surface area (Å²) in [6, 6.07) is 10.2. The molecule has 4 rings (SSSR count). The summed E-state index contributed by atoms with van der Waals surface area (Å²) >= 11 is 0. The number of nitrogens with one attached hydrogen (secondary N) is 1. The Morgan fingerprint density at radius 1 is 1.17 bits per heavy atom. The first-order valence-electron chi connectivity index (χ1n) is 7.82. The highest BCUT2D eigenvalue weighted by atomic mass is 16.7. The lowest BCUT2D eigenvalue weighted by molar-refractivity contribution is 0.174. The Hall–Kier alpha value is -2.69. The van der Waals surface area contributed by atoms with Crippen molar-refractivity contribution in [2.45, 2.75) is 13.8 Å². The smallest absolute Gasteiger partial charge is 0.231 e. The van der Waals surface area contributed by atoms with E-state index >= 15 is 0 Å². The highest BCUT2D eigenvalue weighted by Gasteiger charge is 2.15. The quantitative estimate of drug-likeness (QED) is 0.796. The van der Waals surface area contributed by atoms with Crippen molar-refractivity contribution in [3.05, 3.63) is 42.7 Å². The molecule has 3 heterocycles. The zero-order valence-electron chi connectivity index (χ0n) is 13.2. The Kier molecular flexibility index (Phi) is 3.33. The SMILES string of the molecule is CC(C)CNc1nccn2c(-c3ccc4c(c3)OCO4)ccc12. The van der Waals surface area contributed by atoms with Crippen molar-refractivity contribution in [3.8, 4) is 22.8 Å². The molecule has 0 atom stereocenters. The monoisotopic (exact) mass is 309 g/mol. The molecule has 2 aromatic heterocycles. The van der Waals surface area contributed by atoms with Crippen LogP contribution in [0.1, 0.15) is 13.8 Å². The molecule has 5 heteroatoms.